The van der Waals surface area contributed by atoms with Crippen molar-refractivity contribution in [2.75, 3.05) is 32.2 Å². The van der Waals surface area contributed by atoms with Crippen molar-refractivity contribution in [1.82, 2.24) is 4.57 Å². The highest BCUT2D eigenvalue weighted by molar-refractivity contribution is 7.07. The first-order valence-corrected chi connectivity index (χ1v) is 13.8. The van der Waals surface area contributed by atoms with Crippen LogP contribution in [0.3, 0.4) is 0 Å². The number of carbonyl (C=O) groups is 1. The van der Waals surface area contributed by atoms with Gasteiger partial charge in [0.1, 0.15) is 5.75 Å². The number of thiazole rings is 1. The van der Waals surface area contributed by atoms with E-state index < -0.39 is 12.0 Å². The topological polar surface area (TPSA) is 73.1 Å². The first-order valence-electron chi connectivity index (χ1n) is 13.0. The van der Waals surface area contributed by atoms with Gasteiger partial charge in [-0.3, -0.25) is 9.36 Å². The number of aromatic nitrogens is 1. The van der Waals surface area contributed by atoms with Crippen LogP contribution in [0, 0.1) is 0 Å². The predicted octanol–water partition coefficient (Wildman–Crippen LogP) is 4.42. The van der Waals surface area contributed by atoms with E-state index in [2.05, 4.69) is 0 Å². The van der Waals surface area contributed by atoms with E-state index in [-0.39, 0.29) is 12.2 Å². The summed E-state index contributed by atoms with van der Waals surface area (Å²) >= 11 is 1.31. The number of anilines is 1. The van der Waals surface area contributed by atoms with Gasteiger partial charge in [0.2, 0.25) is 0 Å². The van der Waals surface area contributed by atoms with E-state index in [0.29, 0.717) is 33.0 Å². The molecule has 39 heavy (non-hydrogen) atoms. The normalized spacial score (nSPS) is 15.2. The summed E-state index contributed by atoms with van der Waals surface area (Å²) in [6, 6.07) is 19.2. The van der Waals surface area contributed by atoms with Crippen LogP contribution in [0.1, 0.15) is 37.9 Å². The summed E-state index contributed by atoms with van der Waals surface area (Å²) < 4.78 is 13.5. The molecule has 0 fully saturated rings. The van der Waals surface area contributed by atoms with E-state index >= 15 is 0 Å². The fourth-order valence-corrected chi connectivity index (χ4v) is 5.93. The van der Waals surface area contributed by atoms with Gasteiger partial charge in [0, 0.05) is 25.3 Å². The van der Waals surface area contributed by atoms with Gasteiger partial charge in [-0.05, 0) is 61.4 Å². The number of fused-ring (bicyclic) bond motifs is 2. The summed E-state index contributed by atoms with van der Waals surface area (Å²) in [4.78, 5) is 34.5. The van der Waals surface area contributed by atoms with Crippen molar-refractivity contribution in [2.24, 2.45) is 4.99 Å². The molecule has 3 aromatic carbocycles. The Hall–Kier alpha value is -4.17. The fourth-order valence-electron chi connectivity index (χ4n) is 4.90. The number of hydrogen-bond donors (Lipinski definition) is 0. The standard InChI is InChI=1S/C31H31N3O4S/c1-6-37-25-17-14-20-10-8-9-11-23(20)24(25)18-26-29(35)34-28(21-12-15-22(16-13-21)33(4)5)27(30(36)38-7-2)19(3)32-31(34)39-26/h8-18,28H,6-7H2,1-5H3. The second-order valence-electron chi connectivity index (χ2n) is 9.42. The molecular weight excluding hydrogens is 510 g/mol. The maximum atomic E-state index is 14.1. The highest BCUT2D eigenvalue weighted by Crippen LogP contribution is 2.32. The lowest BCUT2D eigenvalue weighted by atomic mass is 9.95. The van der Waals surface area contributed by atoms with Crippen LogP contribution in [0.15, 0.2) is 81.7 Å². The summed E-state index contributed by atoms with van der Waals surface area (Å²) in [6.45, 7) is 6.24. The van der Waals surface area contributed by atoms with Crippen LogP contribution in [0.25, 0.3) is 16.8 Å². The second-order valence-corrected chi connectivity index (χ2v) is 10.4. The van der Waals surface area contributed by atoms with Crippen LogP contribution >= 0.6 is 11.3 Å². The Balaban J connectivity index is 1.76. The highest BCUT2D eigenvalue weighted by atomic mass is 32.1. The minimum atomic E-state index is -0.655. The lowest BCUT2D eigenvalue weighted by Gasteiger charge is -2.25. The van der Waals surface area contributed by atoms with E-state index in [9.17, 15) is 9.59 Å². The molecule has 0 bridgehead atoms. The Labute approximate surface area is 230 Å². The molecule has 7 nitrogen and oxygen atoms in total. The van der Waals surface area contributed by atoms with Crippen molar-refractivity contribution in [2.45, 2.75) is 26.8 Å². The van der Waals surface area contributed by atoms with E-state index in [1.54, 1.807) is 18.4 Å². The number of rotatable bonds is 7. The SMILES string of the molecule is CCOC(=O)C1=C(C)N=c2sc(=Cc3c(OCC)ccc4ccccc34)c(=O)n2C1c1ccc(N(C)C)cc1. The molecule has 5 rings (SSSR count). The summed E-state index contributed by atoms with van der Waals surface area (Å²) in [5, 5.41) is 2.05. The van der Waals surface area contributed by atoms with Crippen LogP contribution in [-0.4, -0.2) is 37.8 Å². The molecule has 0 saturated heterocycles. The van der Waals surface area contributed by atoms with Crippen molar-refractivity contribution in [3.8, 4) is 5.75 Å². The van der Waals surface area contributed by atoms with Gasteiger partial charge in [-0.15, -0.1) is 0 Å². The molecule has 0 aliphatic carbocycles. The van der Waals surface area contributed by atoms with Crippen LogP contribution in [-0.2, 0) is 9.53 Å². The fraction of sp³-hybridized carbons (Fsp3) is 0.258. The molecule has 2 heterocycles. The third-order valence-corrected chi connectivity index (χ3v) is 7.73. The molecule has 0 saturated carbocycles. The van der Waals surface area contributed by atoms with E-state index in [0.717, 1.165) is 27.6 Å². The summed E-state index contributed by atoms with van der Waals surface area (Å²) in [7, 11) is 3.94. The lowest BCUT2D eigenvalue weighted by molar-refractivity contribution is -0.139. The molecule has 1 unspecified atom stereocenters. The molecule has 1 aliphatic heterocycles. The average Bonchev–Trinajstić information content (AvgIpc) is 3.23. The van der Waals surface area contributed by atoms with Crippen molar-refractivity contribution >= 4 is 39.8 Å². The van der Waals surface area contributed by atoms with E-state index in [4.69, 9.17) is 14.5 Å². The quantitative estimate of drug-likeness (QED) is 0.324. The minimum absolute atomic E-state index is 0.217. The Bertz CT molecular complexity index is 1760. The Morgan fingerprint density at radius 3 is 2.49 bits per heavy atom. The minimum Gasteiger partial charge on any atom is -0.493 e. The number of carbonyl (C=O) groups excluding carboxylic acids is 1. The first kappa shape index (κ1) is 26.4. The highest BCUT2D eigenvalue weighted by Gasteiger charge is 2.33. The van der Waals surface area contributed by atoms with E-state index in [1.807, 2.05) is 92.7 Å². The van der Waals surface area contributed by atoms with Gasteiger partial charge in [-0.2, -0.15) is 0 Å². The van der Waals surface area contributed by atoms with Crippen LogP contribution in [0.5, 0.6) is 5.75 Å². The zero-order chi connectivity index (χ0) is 27.7. The number of esters is 1. The summed E-state index contributed by atoms with van der Waals surface area (Å²) in [6.07, 6.45) is 1.88. The Kier molecular flexibility index (Phi) is 7.39. The number of benzene rings is 3. The van der Waals surface area contributed by atoms with Gasteiger partial charge in [0.25, 0.3) is 5.56 Å². The van der Waals surface area contributed by atoms with Crippen molar-refractivity contribution in [1.29, 1.82) is 0 Å². The molecule has 200 valence electrons. The van der Waals surface area contributed by atoms with E-state index in [1.165, 1.54) is 11.3 Å². The number of ether oxygens (including phenoxy) is 2. The zero-order valence-corrected chi connectivity index (χ0v) is 23.5. The van der Waals surface area contributed by atoms with Gasteiger partial charge in [-0.25, -0.2) is 9.79 Å². The van der Waals surface area contributed by atoms with Crippen LogP contribution in [0.4, 0.5) is 5.69 Å². The third-order valence-electron chi connectivity index (χ3n) is 6.75. The molecule has 1 aliphatic rings. The van der Waals surface area contributed by atoms with Gasteiger partial charge in [0.15, 0.2) is 4.80 Å². The number of hydrogen-bond acceptors (Lipinski definition) is 7. The molecule has 4 aromatic rings. The molecule has 0 radical (unpaired) electrons. The molecular formula is C31H31N3O4S. The van der Waals surface area contributed by atoms with Crippen LogP contribution < -0.4 is 24.5 Å². The molecule has 0 amide bonds. The smallest absolute Gasteiger partial charge is 0.338 e. The zero-order valence-electron chi connectivity index (χ0n) is 22.7. The number of allylic oxidation sites excluding steroid dienone is 1. The Morgan fingerprint density at radius 1 is 1.05 bits per heavy atom. The molecule has 8 heteroatoms. The predicted molar refractivity (Wildman–Crippen MR) is 156 cm³/mol. The Morgan fingerprint density at radius 2 is 1.79 bits per heavy atom. The van der Waals surface area contributed by atoms with Crippen molar-refractivity contribution in [3.05, 3.63) is 103 Å². The first-order chi connectivity index (χ1) is 18.8. The number of nitrogens with zero attached hydrogens (tertiary/aromatic N) is 3. The van der Waals surface area contributed by atoms with Crippen molar-refractivity contribution in [3.63, 3.8) is 0 Å². The lowest BCUT2D eigenvalue weighted by Crippen LogP contribution is -2.40. The van der Waals surface area contributed by atoms with Gasteiger partial charge >= 0.3 is 5.97 Å². The van der Waals surface area contributed by atoms with Crippen LogP contribution in [0.2, 0.25) is 0 Å². The molecule has 1 atom stereocenters. The molecule has 0 spiro atoms. The maximum Gasteiger partial charge on any atom is 0.338 e. The van der Waals surface area contributed by atoms with Gasteiger partial charge in [-0.1, -0.05) is 53.8 Å². The van der Waals surface area contributed by atoms with Gasteiger partial charge < -0.3 is 14.4 Å². The van der Waals surface area contributed by atoms with Gasteiger partial charge in [0.05, 0.1) is 35.1 Å². The summed E-state index contributed by atoms with van der Waals surface area (Å²) in [5.74, 6) is 0.239. The average molecular weight is 542 g/mol. The maximum absolute atomic E-state index is 14.1. The largest absolute Gasteiger partial charge is 0.493 e. The third kappa shape index (κ3) is 4.88. The molecule has 0 N–H and O–H groups in total. The van der Waals surface area contributed by atoms with Crippen molar-refractivity contribution < 1.29 is 14.3 Å². The second kappa shape index (κ2) is 10.9. The summed E-state index contributed by atoms with van der Waals surface area (Å²) in [5.41, 5.74) is 3.37. The monoisotopic (exact) mass is 541 g/mol. The molecule has 1 aromatic heterocycles.